The second kappa shape index (κ2) is 4.77. The van der Waals surface area contributed by atoms with Gasteiger partial charge in [-0.15, -0.1) is 0 Å². The topological polar surface area (TPSA) is 60.9 Å². The Kier molecular flexibility index (Phi) is 3.38. The minimum atomic E-state index is -0.0644. The van der Waals surface area contributed by atoms with Gasteiger partial charge in [0.25, 0.3) is 0 Å². The lowest BCUT2D eigenvalue weighted by atomic mass is 9.82. The van der Waals surface area contributed by atoms with Crippen molar-refractivity contribution in [2.75, 3.05) is 6.61 Å². The first-order valence-corrected chi connectivity index (χ1v) is 5.69. The SMILES string of the molecule is OCC1(NCc2ncc[nH]2)CCCCC1. The highest BCUT2D eigenvalue weighted by atomic mass is 16.3. The Bertz CT molecular complexity index is 278. The van der Waals surface area contributed by atoms with Gasteiger partial charge in [0.1, 0.15) is 5.82 Å². The van der Waals surface area contributed by atoms with Crippen LogP contribution in [0.2, 0.25) is 0 Å². The standard InChI is InChI=1S/C11H19N3O/c15-9-11(4-2-1-3-5-11)14-8-10-12-6-7-13-10/h6-7,14-15H,1-5,8-9H2,(H,12,13). The summed E-state index contributed by atoms with van der Waals surface area (Å²) in [7, 11) is 0. The average molecular weight is 209 g/mol. The largest absolute Gasteiger partial charge is 0.394 e. The highest BCUT2D eigenvalue weighted by molar-refractivity contribution is 4.94. The maximum absolute atomic E-state index is 9.48. The fraction of sp³-hybridized carbons (Fsp3) is 0.727. The lowest BCUT2D eigenvalue weighted by Gasteiger charge is -2.36. The van der Waals surface area contributed by atoms with Gasteiger partial charge in [0.05, 0.1) is 13.2 Å². The average Bonchev–Trinajstić information content (AvgIpc) is 2.81. The third-order valence-electron chi connectivity index (χ3n) is 3.30. The molecule has 0 radical (unpaired) electrons. The number of nitrogens with one attached hydrogen (secondary N) is 2. The van der Waals surface area contributed by atoms with Gasteiger partial charge < -0.3 is 15.4 Å². The van der Waals surface area contributed by atoms with Gasteiger partial charge in [-0.3, -0.25) is 0 Å². The van der Waals surface area contributed by atoms with Crippen molar-refractivity contribution in [3.05, 3.63) is 18.2 Å². The number of nitrogens with zero attached hydrogens (tertiary/aromatic N) is 1. The molecule has 1 saturated carbocycles. The molecule has 0 aromatic carbocycles. The molecule has 1 heterocycles. The van der Waals surface area contributed by atoms with E-state index in [-0.39, 0.29) is 12.1 Å². The van der Waals surface area contributed by atoms with Gasteiger partial charge in [0.2, 0.25) is 0 Å². The molecule has 0 unspecified atom stereocenters. The Labute approximate surface area is 90.1 Å². The van der Waals surface area contributed by atoms with Gasteiger partial charge in [-0.25, -0.2) is 4.98 Å². The van der Waals surface area contributed by atoms with Crippen molar-refractivity contribution in [1.29, 1.82) is 0 Å². The number of imidazole rings is 1. The molecule has 1 aliphatic rings. The van der Waals surface area contributed by atoms with Crippen molar-refractivity contribution in [2.24, 2.45) is 0 Å². The summed E-state index contributed by atoms with van der Waals surface area (Å²) in [4.78, 5) is 7.23. The molecule has 1 fully saturated rings. The highest BCUT2D eigenvalue weighted by Crippen LogP contribution is 2.27. The van der Waals surface area contributed by atoms with E-state index in [9.17, 15) is 5.11 Å². The van der Waals surface area contributed by atoms with E-state index in [0.29, 0.717) is 6.54 Å². The van der Waals surface area contributed by atoms with E-state index in [1.165, 1.54) is 19.3 Å². The molecule has 3 N–H and O–H groups in total. The molecule has 0 amide bonds. The van der Waals surface area contributed by atoms with E-state index in [1.54, 1.807) is 6.20 Å². The number of hydrogen-bond acceptors (Lipinski definition) is 3. The van der Waals surface area contributed by atoms with Gasteiger partial charge in [-0.2, -0.15) is 0 Å². The molecule has 0 aliphatic heterocycles. The summed E-state index contributed by atoms with van der Waals surface area (Å²) >= 11 is 0. The zero-order chi connectivity index (χ0) is 10.6. The lowest BCUT2D eigenvalue weighted by Crippen LogP contribution is -2.49. The highest BCUT2D eigenvalue weighted by Gasteiger charge is 2.30. The maximum Gasteiger partial charge on any atom is 0.120 e. The van der Waals surface area contributed by atoms with Crippen LogP contribution in [0.5, 0.6) is 0 Å². The van der Waals surface area contributed by atoms with Crippen LogP contribution in [-0.4, -0.2) is 27.2 Å². The van der Waals surface area contributed by atoms with Crippen molar-refractivity contribution in [3.8, 4) is 0 Å². The van der Waals surface area contributed by atoms with Gasteiger partial charge >= 0.3 is 0 Å². The predicted octanol–water partition coefficient (Wildman–Crippen LogP) is 1.19. The van der Waals surface area contributed by atoms with E-state index < -0.39 is 0 Å². The van der Waals surface area contributed by atoms with E-state index in [2.05, 4.69) is 15.3 Å². The van der Waals surface area contributed by atoms with Crippen LogP contribution in [-0.2, 0) is 6.54 Å². The third kappa shape index (κ3) is 2.58. The predicted molar refractivity (Wildman–Crippen MR) is 58.3 cm³/mol. The molecule has 1 aliphatic carbocycles. The number of aromatic nitrogens is 2. The van der Waals surface area contributed by atoms with Gasteiger partial charge in [-0.05, 0) is 12.8 Å². The van der Waals surface area contributed by atoms with Crippen LogP contribution >= 0.6 is 0 Å². The number of aromatic amines is 1. The fourth-order valence-corrected chi connectivity index (χ4v) is 2.29. The van der Waals surface area contributed by atoms with Crippen LogP contribution in [0.15, 0.2) is 12.4 Å². The van der Waals surface area contributed by atoms with Crippen molar-refractivity contribution < 1.29 is 5.11 Å². The molecule has 15 heavy (non-hydrogen) atoms. The maximum atomic E-state index is 9.48. The summed E-state index contributed by atoms with van der Waals surface area (Å²) in [6, 6.07) is 0. The van der Waals surface area contributed by atoms with Crippen molar-refractivity contribution in [1.82, 2.24) is 15.3 Å². The van der Waals surface area contributed by atoms with E-state index in [1.807, 2.05) is 6.20 Å². The Morgan fingerprint density at radius 1 is 1.40 bits per heavy atom. The minimum Gasteiger partial charge on any atom is -0.394 e. The molecule has 2 rings (SSSR count). The Morgan fingerprint density at radius 2 is 2.20 bits per heavy atom. The molecule has 0 atom stereocenters. The molecule has 0 spiro atoms. The zero-order valence-corrected chi connectivity index (χ0v) is 9.00. The second-order valence-corrected chi connectivity index (χ2v) is 4.39. The van der Waals surface area contributed by atoms with E-state index in [4.69, 9.17) is 0 Å². The molecule has 1 aromatic heterocycles. The molecular weight excluding hydrogens is 190 g/mol. The fourth-order valence-electron chi connectivity index (χ4n) is 2.29. The van der Waals surface area contributed by atoms with Crippen LogP contribution in [0.4, 0.5) is 0 Å². The van der Waals surface area contributed by atoms with Crippen molar-refractivity contribution >= 4 is 0 Å². The molecule has 0 bridgehead atoms. The number of rotatable bonds is 4. The molecular formula is C11H19N3O. The molecule has 84 valence electrons. The summed E-state index contributed by atoms with van der Waals surface area (Å²) in [5.41, 5.74) is -0.0644. The summed E-state index contributed by atoms with van der Waals surface area (Å²) in [5, 5.41) is 12.9. The normalized spacial score (nSPS) is 20.3. The Balaban J connectivity index is 1.89. The van der Waals surface area contributed by atoms with Crippen LogP contribution in [0.3, 0.4) is 0 Å². The number of aliphatic hydroxyl groups excluding tert-OH is 1. The Morgan fingerprint density at radius 3 is 2.80 bits per heavy atom. The van der Waals surface area contributed by atoms with Gasteiger partial charge in [0.15, 0.2) is 0 Å². The monoisotopic (exact) mass is 209 g/mol. The summed E-state index contributed by atoms with van der Waals surface area (Å²) in [6.45, 7) is 0.946. The zero-order valence-electron chi connectivity index (χ0n) is 9.00. The van der Waals surface area contributed by atoms with Crippen LogP contribution < -0.4 is 5.32 Å². The minimum absolute atomic E-state index is 0.0644. The molecule has 1 aromatic rings. The first-order chi connectivity index (χ1) is 7.35. The first kappa shape index (κ1) is 10.6. The van der Waals surface area contributed by atoms with Crippen LogP contribution in [0.25, 0.3) is 0 Å². The number of aliphatic hydroxyl groups is 1. The third-order valence-corrected chi connectivity index (χ3v) is 3.30. The number of H-pyrrole nitrogens is 1. The molecule has 4 heteroatoms. The first-order valence-electron chi connectivity index (χ1n) is 5.69. The van der Waals surface area contributed by atoms with E-state index >= 15 is 0 Å². The van der Waals surface area contributed by atoms with Crippen LogP contribution in [0.1, 0.15) is 37.9 Å². The van der Waals surface area contributed by atoms with Crippen LogP contribution in [0, 0.1) is 0 Å². The number of hydrogen-bond donors (Lipinski definition) is 3. The molecule has 4 nitrogen and oxygen atoms in total. The second-order valence-electron chi connectivity index (χ2n) is 4.39. The lowest BCUT2D eigenvalue weighted by molar-refractivity contribution is 0.119. The quantitative estimate of drug-likeness (QED) is 0.698. The smallest absolute Gasteiger partial charge is 0.120 e. The Hall–Kier alpha value is -0.870. The van der Waals surface area contributed by atoms with Crippen molar-refractivity contribution in [3.63, 3.8) is 0 Å². The van der Waals surface area contributed by atoms with Crippen molar-refractivity contribution in [2.45, 2.75) is 44.2 Å². The van der Waals surface area contributed by atoms with Gasteiger partial charge in [-0.1, -0.05) is 19.3 Å². The van der Waals surface area contributed by atoms with E-state index in [0.717, 1.165) is 18.7 Å². The summed E-state index contributed by atoms with van der Waals surface area (Å²) < 4.78 is 0. The molecule has 0 saturated heterocycles. The summed E-state index contributed by atoms with van der Waals surface area (Å²) in [6.07, 6.45) is 9.45. The summed E-state index contributed by atoms with van der Waals surface area (Å²) in [5.74, 6) is 0.938. The van der Waals surface area contributed by atoms with Gasteiger partial charge in [0, 0.05) is 17.9 Å².